The largest absolute Gasteiger partial charge is 0.0822 e. The lowest BCUT2D eigenvalue weighted by atomic mass is 10.0. The number of rotatable bonds is 3. The van der Waals surface area contributed by atoms with Gasteiger partial charge in [0.15, 0.2) is 0 Å². The van der Waals surface area contributed by atoms with Gasteiger partial charge in [0.05, 0.1) is 9.65 Å². The van der Waals surface area contributed by atoms with E-state index in [1.54, 1.807) is 0 Å². The second-order valence-corrected chi connectivity index (χ2v) is 14.7. The van der Waals surface area contributed by atoms with E-state index in [9.17, 15) is 0 Å². The van der Waals surface area contributed by atoms with E-state index >= 15 is 0 Å². The Bertz CT molecular complexity index is 759. The van der Waals surface area contributed by atoms with Crippen LogP contribution in [0.2, 0.25) is 0 Å². The number of hydrogen-bond donors (Lipinski definition) is 0. The first-order valence-electron chi connectivity index (χ1n) is 6.24. The summed E-state index contributed by atoms with van der Waals surface area (Å²) in [7, 11) is 0. The summed E-state index contributed by atoms with van der Waals surface area (Å²) < 4.78 is 9.41. The fourth-order valence-electron chi connectivity index (χ4n) is 2.02. The second-order valence-electron chi connectivity index (χ2n) is 4.77. The fraction of sp³-hybridized carbons (Fsp3) is 0.143. The SMILES string of the molecule is Brc1c(Br)c(Br)c(C(Br)C(Br)c2c(Br)c(Br)c(Br)c(Br)c2Br)c(Br)c1Br. The third-order valence-electron chi connectivity index (χ3n) is 3.30. The summed E-state index contributed by atoms with van der Waals surface area (Å²) in [6.07, 6.45) is 0. The maximum atomic E-state index is 3.87. The van der Waals surface area contributed by atoms with Crippen molar-refractivity contribution in [2.24, 2.45) is 0 Å². The molecule has 2 aromatic carbocycles. The van der Waals surface area contributed by atoms with Crippen LogP contribution >= 0.6 is 191 Å². The Morgan fingerprint density at radius 1 is 0.308 bits per heavy atom. The van der Waals surface area contributed by atoms with E-state index in [0.717, 1.165) is 55.9 Å². The van der Waals surface area contributed by atoms with Crippen LogP contribution in [0.1, 0.15) is 20.8 Å². The van der Waals surface area contributed by atoms with E-state index in [0.29, 0.717) is 0 Å². The standard InChI is InChI=1S/C14H2Br12/c15-3(1-5(17)9(21)13(25)10(22)6(1)18)4(16)2-7(19)11(23)14(26)12(24)8(2)20/h3-4H. The predicted molar refractivity (Wildman–Crippen MR) is 153 cm³/mol. The number of hydrogen-bond acceptors (Lipinski definition) is 0. The van der Waals surface area contributed by atoms with Crippen LogP contribution in [0.25, 0.3) is 0 Å². The van der Waals surface area contributed by atoms with Crippen molar-refractivity contribution in [3.8, 4) is 0 Å². The van der Waals surface area contributed by atoms with Crippen molar-refractivity contribution in [3.05, 3.63) is 55.9 Å². The third-order valence-corrected chi connectivity index (χ3v) is 18.3. The fourth-order valence-corrected chi connectivity index (χ4v) is 11.8. The molecule has 0 aliphatic carbocycles. The van der Waals surface area contributed by atoms with Crippen LogP contribution in [0.5, 0.6) is 0 Å². The minimum Gasteiger partial charge on any atom is -0.0822 e. The molecule has 2 atom stereocenters. The van der Waals surface area contributed by atoms with Gasteiger partial charge >= 0.3 is 0 Å². The molecule has 0 fully saturated rings. The Morgan fingerprint density at radius 2 is 0.462 bits per heavy atom. The normalized spacial score (nSPS) is 13.8. The topological polar surface area (TPSA) is 0 Å². The molecule has 0 saturated carbocycles. The highest BCUT2D eigenvalue weighted by Crippen LogP contribution is 2.57. The average molecular weight is 1130 g/mol. The molecule has 0 bridgehead atoms. The van der Waals surface area contributed by atoms with E-state index in [1.165, 1.54) is 0 Å². The Morgan fingerprint density at radius 3 is 0.654 bits per heavy atom. The Hall–Kier alpha value is 4.20. The average Bonchev–Trinajstić information content (AvgIpc) is 2.61. The molecular formula is C14H2Br12. The van der Waals surface area contributed by atoms with Gasteiger partial charge in [-0.15, -0.1) is 0 Å². The zero-order valence-corrected chi connectivity index (χ0v) is 30.7. The van der Waals surface area contributed by atoms with Gasteiger partial charge in [-0.1, -0.05) is 31.9 Å². The molecule has 26 heavy (non-hydrogen) atoms. The van der Waals surface area contributed by atoms with Crippen LogP contribution in [-0.2, 0) is 0 Å². The van der Waals surface area contributed by atoms with Gasteiger partial charge in [0, 0.05) is 44.7 Å². The highest BCUT2D eigenvalue weighted by molar-refractivity contribution is 9.16. The van der Waals surface area contributed by atoms with E-state index in [2.05, 4.69) is 191 Å². The molecule has 0 amide bonds. The highest BCUT2D eigenvalue weighted by atomic mass is 79.9. The van der Waals surface area contributed by atoms with Gasteiger partial charge in [0.1, 0.15) is 0 Å². The van der Waals surface area contributed by atoms with E-state index in [1.807, 2.05) is 0 Å². The molecule has 0 saturated heterocycles. The van der Waals surface area contributed by atoms with Crippen LogP contribution in [0.4, 0.5) is 0 Å². The van der Waals surface area contributed by atoms with Crippen molar-refractivity contribution in [3.63, 3.8) is 0 Å². The van der Waals surface area contributed by atoms with Crippen molar-refractivity contribution in [2.75, 3.05) is 0 Å². The summed E-state index contributed by atoms with van der Waals surface area (Å²) in [5, 5.41) is 0. The van der Waals surface area contributed by atoms with Crippen molar-refractivity contribution in [2.45, 2.75) is 9.65 Å². The summed E-state index contributed by atoms with van der Waals surface area (Å²) in [6.45, 7) is 0. The minimum absolute atomic E-state index is 0.0560. The van der Waals surface area contributed by atoms with Crippen molar-refractivity contribution < 1.29 is 0 Å². The molecule has 0 aromatic heterocycles. The lowest BCUT2D eigenvalue weighted by Gasteiger charge is -2.25. The van der Waals surface area contributed by atoms with Gasteiger partial charge in [0.2, 0.25) is 0 Å². The van der Waals surface area contributed by atoms with Crippen LogP contribution in [0.3, 0.4) is 0 Å². The van der Waals surface area contributed by atoms with Crippen LogP contribution in [-0.4, -0.2) is 0 Å². The molecule has 0 aliphatic rings. The molecule has 0 heterocycles. The van der Waals surface area contributed by atoms with E-state index < -0.39 is 0 Å². The van der Waals surface area contributed by atoms with Crippen molar-refractivity contribution in [1.29, 1.82) is 0 Å². The highest BCUT2D eigenvalue weighted by Gasteiger charge is 2.32. The smallest absolute Gasteiger partial charge is 0.0585 e. The summed E-state index contributed by atoms with van der Waals surface area (Å²) >= 11 is 44.3. The Kier molecular flexibility index (Phi) is 11.1. The van der Waals surface area contributed by atoms with Gasteiger partial charge in [-0.05, 0) is 170 Å². The van der Waals surface area contributed by atoms with Crippen LogP contribution < -0.4 is 0 Å². The summed E-state index contributed by atoms with van der Waals surface area (Å²) in [5.41, 5.74) is 2.12. The minimum atomic E-state index is -0.0560. The molecular weight excluding hydrogens is 1130 g/mol. The van der Waals surface area contributed by atoms with Crippen LogP contribution in [0.15, 0.2) is 44.7 Å². The molecule has 0 spiro atoms. The zero-order chi connectivity index (χ0) is 20.1. The van der Waals surface area contributed by atoms with Gasteiger partial charge in [-0.2, -0.15) is 0 Å². The van der Waals surface area contributed by atoms with Gasteiger partial charge in [0.25, 0.3) is 0 Å². The third kappa shape index (κ3) is 5.06. The van der Waals surface area contributed by atoms with Crippen molar-refractivity contribution in [1.82, 2.24) is 0 Å². The number of benzene rings is 2. The quantitative estimate of drug-likeness (QED) is 0.163. The molecule has 0 aliphatic heterocycles. The van der Waals surface area contributed by atoms with Crippen LogP contribution in [0, 0.1) is 0 Å². The molecule has 0 nitrogen and oxygen atoms in total. The predicted octanol–water partition coefficient (Wildman–Crippen LogP) is 12.9. The van der Waals surface area contributed by atoms with E-state index in [4.69, 9.17) is 0 Å². The summed E-state index contributed by atoms with van der Waals surface area (Å²) in [6, 6.07) is 0. The first-order chi connectivity index (χ1) is 11.9. The summed E-state index contributed by atoms with van der Waals surface area (Å²) in [4.78, 5) is -0.112. The molecule has 0 radical (unpaired) electrons. The lowest BCUT2D eigenvalue weighted by molar-refractivity contribution is 0.909. The molecule has 2 unspecified atom stereocenters. The maximum Gasteiger partial charge on any atom is 0.0585 e. The molecule has 2 aromatic rings. The Balaban J connectivity index is 2.69. The lowest BCUT2D eigenvalue weighted by Crippen LogP contribution is -2.05. The monoisotopic (exact) mass is 1120 g/mol. The van der Waals surface area contributed by atoms with Crippen molar-refractivity contribution >= 4 is 191 Å². The molecule has 2 rings (SSSR count). The number of halogens is 12. The Labute approximate surface area is 252 Å². The summed E-state index contributed by atoms with van der Waals surface area (Å²) in [5.74, 6) is 0. The second kappa shape index (κ2) is 10.9. The number of alkyl halides is 2. The van der Waals surface area contributed by atoms with Gasteiger partial charge in [-0.3, -0.25) is 0 Å². The first kappa shape index (κ1) is 26.5. The molecule has 142 valence electrons. The molecule has 12 heteroatoms. The van der Waals surface area contributed by atoms with E-state index in [-0.39, 0.29) is 9.65 Å². The molecule has 0 N–H and O–H groups in total. The first-order valence-corrected chi connectivity index (χ1v) is 16.0. The zero-order valence-electron chi connectivity index (χ0n) is 11.7. The maximum absolute atomic E-state index is 3.87. The van der Waals surface area contributed by atoms with Gasteiger partial charge < -0.3 is 0 Å². The van der Waals surface area contributed by atoms with Gasteiger partial charge in [-0.25, -0.2) is 0 Å².